The van der Waals surface area contributed by atoms with E-state index in [1.807, 2.05) is 12.1 Å². The Labute approximate surface area is 191 Å². The van der Waals surface area contributed by atoms with E-state index in [0.717, 1.165) is 35.8 Å². The van der Waals surface area contributed by atoms with Crippen LogP contribution in [0, 0.1) is 17.2 Å². The first-order valence-electron chi connectivity index (χ1n) is 11.5. The molecule has 0 bridgehead atoms. The molecule has 0 N–H and O–H groups in total. The maximum atomic E-state index is 9.00. The van der Waals surface area contributed by atoms with Gasteiger partial charge in [0.05, 0.1) is 11.6 Å². The van der Waals surface area contributed by atoms with Crippen LogP contribution >= 0.6 is 11.6 Å². The number of hydrogen-bond donors (Lipinski definition) is 0. The minimum absolute atomic E-state index is 0.588. The Morgan fingerprint density at radius 1 is 0.839 bits per heavy atom. The molecule has 3 aromatic rings. The summed E-state index contributed by atoms with van der Waals surface area (Å²) in [6, 6.07) is 25.6. The summed E-state index contributed by atoms with van der Waals surface area (Å²) in [6.07, 6.45) is 8.93. The Bertz CT molecular complexity index is 1040. The molecular formula is C29H30ClN. The van der Waals surface area contributed by atoms with Gasteiger partial charge < -0.3 is 0 Å². The third-order valence-corrected chi connectivity index (χ3v) is 7.25. The van der Waals surface area contributed by atoms with Crippen molar-refractivity contribution in [2.24, 2.45) is 5.92 Å². The molecule has 0 aliphatic heterocycles. The lowest BCUT2D eigenvalue weighted by Gasteiger charge is -2.28. The molecular weight excluding hydrogens is 398 g/mol. The molecule has 0 unspecified atom stereocenters. The third kappa shape index (κ3) is 5.38. The lowest BCUT2D eigenvalue weighted by molar-refractivity contribution is 0.319. The highest BCUT2D eigenvalue weighted by Crippen LogP contribution is 2.37. The summed E-state index contributed by atoms with van der Waals surface area (Å²) < 4.78 is 0. The number of hydrogen-bond acceptors (Lipinski definition) is 1. The molecule has 1 saturated carbocycles. The zero-order chi connectivity index (χ0) is 21.6. The van der Waals surface area contributed by atoms with Crippen LogP contribution in [0.25, 0.3) is 11.1 Å². The molecule has 31 heavy (non-hydrogen) atoms. The maximum absolute atomic E-state index is 9.00. The zero-order valence-electron chi connectivity index (χ0n) is 18.3. The minimum Gasteiger partial charge on any atom is -0.192 e. The lowest BCUT2D eigenvalue weighted by Crippen LogP contribution is -2.12. The largest absolute Gasteiger partial charge is 0.192 e. The number of nitrogens with zero attached hydrogens (tertiary/aromatic N) is 1. The van der Waals surface area contributed by atoms with Gasteiger partial charge in [-0.15, -0.1) is 0 Å². The standard InChI is InChI=1S/C29H30ClN/c1-2-21-5-12-25(13-6-21)26-14-7-22(8-15-26)3-4-23-9-16-27(17-10-23)28-18-11-24(20-31)19-29(28)30/h7-11,14-19,21,25H,2-6,12-13H2,1H3. The van der Waals surface area contributed by atoms with Crippen LogP contribution in [0.2, 0.25) is 5.02 Å². The van der Waals surface area contributed by atoms with E-state index in [0.29, 0.717) is 10.6 Å². The van der Waals surface area contributed by atoms with Crippen molar-refractivity contribution in [2.75, 3.05) is 0 Å². The Hall–Kier alpha value is -2.56. The zero-order valence-corrected chi connectivity index (χ0v) is 19.0. The van der Waals surface area contributed by atoms with Gasteiger partial charge in [0.1, 0.15) is 0 Å². The average Bonchev–Trinajstić information content (AvgIpc) is 2.83. The molecule has 4 rings (SSSR count). The SMILES string of the molecule is CCC1CCC(c2ccc(CCc3ccc(-c4ccc(C#N)cc4Cl)cc3)cc2)CC1. The van der Waals surface area contributed by atoms with Crippen molar-refractivity contribution in [1.82, 2.24) is 0 Å². The van der Waals surface area contributed by atoms with Crippen molar-refractivity contribution in [3.05, 3.63) is 94.0 Å². The van der Waals surface area contributed by atoms with E-state index in [9.17, 15) is 0 Å². The van der Waals surface area contributed by atoms with Crippen molar-refractivity contribution >= 4 is 11.6 Å². The summed E-state index contributed by atoms with van der Waals surface area (Å²) in [4.78, 5) is 0. The molecule has 0 saturated heterocycles. The van der Waals surface area contributed by atoms with E-state index in [-0.39, 0.29) is 0 Å². The first kappa shape index (κ1) is 21.7. The van der Waals surface area contributed by atoms with Gasteiger partial charge in [-0.2, -0.15) is 5.26 Å². The Morgan fingerprint density at radius 3 is 2.00 bits per heavy atom. The summed E-state index contributed by atoms with van der Waals surface area (Å²) in [5.41, 5.74) is 6.91. The maximum Gasteiger partial charge on any atom is 0.0992 e. The van der Waals surface area contributed by atoms with E-state index in [1.165, 1.54) is 48.8 Å². The van der Waals surface area contributed by atoms with Gasteiger partial charge in [0.25, 0.3) is 0 Å². The second kappa shape index (κ2) is 10.2. The fourth-order valence-electron chi connectivity index (χ4n) is 4.82. The van der Waals surface area contributed by atoms with Crippen LogP contribution in [0.15, 0.2) is 66.7 Å². The van der Waals surface area contributed by atoms with Gasteiger partial charge >= 0.3 is 0 Å². The number of aryl methyl sites for hydroxylation is 2. The fourth-order valence-corrected chi connectivity index (χ4v) is 5.11. The molecule has 1 aliphatic rings. The van der Waals surface area contributed by atoms with Crippen molar-refractivity contribution in [3.8, 4) is 17.2 Å². The topological polar surface area (TPSA) is 23.8 Å². The third-order valence-electron chi connectivity index (χ3n) is 6.94. The Balaban J connectivity index is 1.34. The van der Waals surface area contributed by atoms with Gasteiger partial charge in [-0.05, 0) is 84.7 Å². The van der Waals surface area contributed by atoms with Gasteiger partial charge in [0.2, 0.25) is 0 Å². The summed E-state index contributed by atoms with van der Waals surface area (Å²) in [5.74, 6) is 1.72. The molecule has 0 aromatic heterocycles. The number of nitriles is 1. The van der Waals surface area contributed by atoms with E-state index >= 15 is 0 Å². The number of benzene rings is 3. The van der Waals surface area contributed by atoms with Gasteiger partial charge in [-0.1, -0.05) is 79.5 Å². The molecule has 0 spiro atoms. The van der Waals surface area contributed by atoms with Crippen LogP contribution in [0.5, 0.6) is 0 Å². The predicted octanol–water partition coefficient (Wildman–Crippen LogP) is 8.35. The second-order valence-electron chi connectivity index (χ2n) is 8.87. The lowest BCUT2D eigenvalue weighted by atomic mass is 9.78. The summed E-state index contributed by atoms with van der Waals surface area (Å²) in [7, 11) is 0. The van der Waals surface area contributed by atoms with Crippen LogP contribution < -0.4 is 0 Å². The molecule has 0 radical (unpaired) electrons. The highest BCUT2D eigenvalue weighted by molar-refractivity contribution is 6.33. The second-order valence-corrected chi connectivity index (χ2v) is 9.28. The van der Waals surface area contributed by atoms with Crippen molar-refractivity contribution in [2.45, 2.75) is 57.8 Å². The summed E-state index contributed by atoms with van der Waals surface area (Å²) >= 11 is 6.36. The minimum atomic E-state index is 0.588. The van der Waals surface area contributed by atoms with Crippen molar-refractivity contribution in [3.63, 3.8) is 0 Å². The molecule has 2 heteroatoms. The van der Waals surface area contributed by atoms with Gasteiger partial charge in [-0.25, -0.2) is 0 Å². The highest BCUT2D eigenvalue weighted by atomic mass is 35.5. The number of rotatable bonds is 6. The van der Waals surface area contributed by atoms with Crippen LogP contribution in [0.4, 0.5) is 0 Å². The van der Waals surface area contributed by atoms with E-state index in [1.54, 1.807) is 6.07 Å². The van der Waals surface area contributed by atoms with Gasteiger partial charge in [0.15, 0.2) is 0 Å². The van der Waals surface area contributed by atoms with Crippen LogP contribution in [0.3, 0.4) is 0 Å². The molecule has 1 nitrogen and oxygen atoms in total. The van der Waals surface area contributed by atoms with Crippen molar-refractivity contribution < 1.29 is 0 Å². The van der Waals surface area contributed by atoms with Crippen molar-refractivity contribution in [1.29, 1.82) is 5.26 Å². The molecule has 1 aliphatic carbocycles. The molecule has 0 atom stereocenters. The molecule has 3 aromatic carbocycles. The normalized spacial score (nSPS) is 18.5. The number of halogens is 1. The van der Waals surface area contributed by atoms with Crippen LogP contribution in [-0.2, 0) is 12.8 Å². The summed E-state index contributed by atoms with van der Waals surface area (Å²) in [5, 5.41) is 9.62. The molecule has 1 fully saturated rings. The van der Waals surface area contributed by atoms with E-state index < -0.39 is 0 Å². The summed E-state index contributed by atoms with van der Waals surface area (Å²) in [6.45, 7) is 2.33. The smallest absolute Gasteiger partial charge is 0.0992 e. The fraction of sp³-hybridized carbons (Fsp3) is 0.345. The monoisotopic (exact) mass is 427 g/mol. The Morgan fingerprint density at radius 2 is 1.45 bits per heavy atom. The Kier molecular flexibility index (Phi) is 7.10. The molecule has 158 valence electrons. The van der Waals surface area contributed by atoms with E-state index in [4.69, 9.17) is 16.9 Å². The first-order valence-corrected chi connectivity index (χ1v) is 11.9. The first-order chi connectivity index (χ1) is 15.2. The van der Waals surface area contributed by atoms with Gasteiger partial charge in [-0.3, -0.25) is 0 Å². The van der Waals surface area contributed by atoms with Crippen LogP contribution in [-0.4, -0.2) is 0 Å². The quantitative estimate of drug-likeness (QED) is 0.387. The average molecular weight is 428 g/mol. The van der Waals surface area contributed by atoms with E-state index in [2.05, 4.69) is 61.5 Å². The van der Waals surface area contributed by atoms with Crippen LogP contribution in [0.1, 0.15) is 67.2 Å². The molecule has 0 heterocycles. The molecule has 0 amide bonds. The predicted molar refractivity (Wildman–Crippen MR) is 130 cm³/mol. The highest BCUT2D eigenvalue weighted by Gasteiger charge is 2.21. The van der Waals surface area contributed by atoms with Gasteiger partial charge in [0, 0.05) is 10.6 Å².